The second kappa shape index (κ2) is 6.16. The Morgan fingerprint density at radius 2 is 2.15 bits per heavy atom. The van der Waals surface area contributed by atoms with Crippen LogP contribution < -0.4 is 11.3 Å². The summed E-state index contributed by atoms with van der Waals surface area (Å²) in [4.78, 5) is 18.0. The van der Waals surface area contributed by atoms with Crippen LogP contribution in [-0.2, 0) is 6.54 Å². The molecular weight excluding hydrogens is 252 g/mol. The van der Waals surface area contributed by atoms with Gasteiger partial charge in [0, 0.05) is 13.6 Å². The van der Waals surface area contributed by atoms with Crippen molar-refractivity contribution in [3.05, 3.63) is 59.4 Å². The molecule has 2 rings (SSSR count). The highest BCUT2D eigenvalue weighted by molar-refractivity contribution is 5.92. The zero-order valence-electron chi connectivity index (χ0n) is 11.6. The average molecular weight is 270 g/mol. The lowest BCUT2D eigenvalue weighted by atomic mass is 10.1. The molecule has 20 heavy (non-hydrogen) atoms. The minimum absolute atomic E-state index is 0.116. The number of nitrogens with one attached hydrogen (secondary N) is 1. The zero-order chi connectivity index (χ0) is 14.5. The van der Waals surface area contributed by atoms with Crippen LogP contribution in [0.3, 0.4) is 0 Å². The smallest absolute Gasteiger partial charge is 0.272 e. The molecule has 0 spiro atoms. The van der Waals surface area contributed by atoms with Gasteiger partial charge in [-0.1, -0.05) is 29.8 Å². The number of hydrogen-bond donors (Lipinski definition) is 2. The normalized spacial score (nSPS) is 10.2. The number of hydrogen-bond acceptors (Lipinski definition) is 4. The average Bonchev–Trinajstić information content (AvgIpc) is 2.46. The van der Waals surface area contributed by atoms with Crippen LogP contribution in [0.1, 0.15) is 21.6 Å². The lowest BCUT2D eigenvalue weighted by Gasteiger charge is -2.17. The Morgan fingerprint density at radius 1 is 1.35 bits per heavy atom. The Morgan fingerprint density at radius 3 is 2.75 bits per heavy atom. The molecule has 0 fully saturated rings. The van der Waals surface area contributed by atoms with Crippen molar-refractivity contribution in [1.82, 2.24) is 9.88 Å². The first-order valence-corrected chi connectivity index (χ1v) is 6.34. The number of carbonyl (C=O) groups excluding carboxylic acids is 1. The first-order valence-electron chi connectivity index (χ1n) is 6.34. The highest BCUT2D eigenvalue weighted by Crippen LogP contribution is 2.10. The van der Waals surface area contributed by atoms with E-state index in [1.165, 1.54) is 11.8 Å². The van der Waals surface area contributed by atoms with Crippen LogP contribution in [0.4, 0.5) is 5.69 Å². The van der Waals surface area contributed by atoms with Crippen molar-refractivity contribution in [3.63, 3.8) is 0 Å². The number of amides is 1. The molecule has 2 aromatic rings. The van der Waals surface area contributed by atoms with Crippen molar-refractivity contribution in [2.75, 3.05) is 12.5 Å². The maximum atomic E-state index is 12.2. The number of rotatable bonds is 4. The summed E-state index contributed by atoms with van der Waals surface area (Å²) in [5.41, 5.74) is 5.83. The molecule has 1 aromatic heterocycles. The van der Waals surface area contributed by atoms with Crippen LogP contribution in [-0.4, -0.2) is 22.8 Å². The molecule has 0 saturated carbocycles. The minimum Gasteiger partial charge on any atom is -0.336 e. The van der Waals surface area contributed by atoms with Crippen molar-refractivity contribution in [2.24, 2.45) is 5.84 Å². The number of aromatic nitrogens is 1. The highest BCUT2D eigenvalue weighted by Gasteiger charge is 2.13. The monoisotopic (exact) mass is 270 g/mol. The van der Waals surface area contributed by atoms with Crippen molar-refractivity contribution in [3.8, 4) is 0 Å². The third kappa shape index (κ3) is 3.33. The van der Waals surface area contributed by atoms with Crippen molar-refractivity contribution in [1.29, 1.82) is 0 Å². The summed E-state index contributed by atoms with van der Waals surface area (Å²) >= 11 is 0. The number of anilines is 1. The fraction of sp³-hybridized carbons (Fsp3) is 0.200. The molecule has 5 nitrogen and oxygen atoms in total. The van der Waals surface area contributed by atoms with Crippen LogP contribution in [0.2, 0.25) is 0 Å². The molecule has 0 radical (unpaired) electrons. The van der Waals surface area contributed by atoms with Gasteiger partial charge in [-0.3, -0.25) is 10.6 Å². The predicted octanol–water partition coefficient (Wildman–Crippen LogP) is 1.95. The minimum atomic E-state index is -0.116. The summed E-state index contributed by atoms with van der Waals surface area (Å²) in [5.74, 6) is 5.15. The van der Waals surface area contributed by atoms with E-state index in [4.69, 9.17) is 5.84 Å². The molecule has 0 unspecified atom stereocenters. The molecule has 5 heteroatoms. The van der Waals surface area contributed by atoms with Gasteiger partial charge >= 0.3 is 0 Å². The second-order valence-electron chi connectivity index (χ2n) is 4.73. The molecule has 1 aromatic carbocycles. The van der Waals surface area contributed by atoms with E-state index >= 15 is 0 Å². The molecule has 104 valence electrons. The number of hydrazine groups is 1. The van der Waals surface area contributed by atoms with Gasteiger partial charge in [-0.25, -0.2) is 4.98 Å². The molecule has 0 saturated heterocycles. The van der Waals surface area contributed by atoms with Gasteiger partial charge in [-0.05, 0) is 24.6 Å². The summed E-state index contributed by atoms with van der Waals surface area (Å²) in [6.07, 6.45) is 1.54. The number of nitrogens with zero attached hydrogens (tertiary/aromatic N) is 2. The second-order valence-corrected chi connectivity index (χ2v) is 4.73. The van der Waals surface area contributed by atoms with Crippen LogP contribution in [0, 0.1) is 6.92 Å². The lowest BCUT2D eigenvalue weighted by Crippen LogP contribution is -2.27. The number of aryl methyl sites for hydroxylation is 1. The van der Waals surface area contributed by atoms with E-state index in [1.807, 2.05) is 25.1 Å². The quantitative estimate of drug-likeness (QED) is 0.658. The van der Waals surface area contributed by atoms with E-state index in [2.05, 4.69) is 16.5 Å². The first-order chi connectivity index (χ1) is 9.60. The standard InChI is InChI=1S/C15H18N4O/c1-11-4-3-5-12(8-11)10-19(2)15(20)14-7-6-13(18-16)9-17-14/h3-9,18H,10,16H2,1-2H3. The summed E-state index contributed by atoms with van der Waals surface area (Å²) < 4.78 is 0. The van der Waals surface area contributed by atoms with E-state index in [1.54, 1.807) is 24.1 Å². The Bertz CT molecular complexity index is 595. The third-order valence-corrected chi connectivity index (χ3v) is 3.00. The molecule has 1 heterocycles. The van der Waals surface area contributed by atoms with Gasteiger partial charge in [0.15, 0.2) is 0 Å². The Hall–Kier alpha value is -2.40. The first kappa shape index (κ1) is 14.0. The molecule has 0 aliphatic rings. The largest absolute Gasteiger partial charge is 0.336 e. The highest BCUT2D eigenvalue weighted by atomic mass is 16.2. The fourth-order valence-electron chi connectivity index (χ4n) is 1.96. The van der Waals surface area contributed by atoms with Gasteiger partial charge in [0.25, 0.3) is 5.91 Å². The van der Waals surface area contributed by atoms with Crippen molar-refractivity contribution in [2.45, 2.75) is 13.5 Å². The summed E-state index contributed by atoms with van der Waals surface area (Å²) in [5, 5.41) is 0. The Labute approximate surface area is 118 Å². The van der Waals surface area contributed by atoms with Gasteiger partial charge in [-0.2, -0.15) is 0 Å². The van der Waals surface area contributed by atoms with Crippen LogP contribution >= 0.6 is 0 Å². The van der Waals surface area contributed by atoms with Gasteiger partial charge in [-0.15, -0.1) is 0 Å². The molecule has 0 bridgehead atoms. The van der Waals surface area contributed by atoms with E-state index < -0.39 is 0 Å². The van der Waals surface area contributed by atoms with Crippen LogP contribution in [0.5, 0.6) is 0 Å². The molecular formula is C15H18N4O. The molecule has 1 amide bonds. The summed E-state index contributed by atoms with van der Waals surface area (Å²) in [7, 11) is 1.77. The maximum absolute atomic E-state index is 12.2. The lowest BCUT2D eigenvalue weighted by molar-refractivity contribution is 0.0779. The third-order valence-electron chi connectivity index (χ3n) is 3.00. The fourth-order valence-corrected chi connectivity index (χ4v) is 1.96. The van der Waals surface area contributed by atoms with Gasteiger partial charge in [0.2, 0.25) is 0 Å². The predicted molar refractivity (Wildman–Crippen MR) is 79.0 cm³/mol. The molecule has 0 atom stereocenters. The Balaban J connectivity index is 2.07. The van der Waals surface area contributed by atoms with Gasteiger partial charge in [0.1, 0.15) is 5.69 Å². The van der Waals surface area contributed by atoms with Crippen molar-refractivity contribution >= 4 is 11.6 Å². The maximum Gasteiger partial charge on any atom is 0.272 e. The molecule has 0 aliphatic carbocycles. The number of pyridine rings is 1. The SMILES string of the molecule is Cc1cccc(CN(C)C(=O)c2ccc(NN)cn2)c1. The number of carbonyl (C=O) groups is 1. The molecule has 0 aliphatic heterocycles. The number of nitrogens with two attached hydrogens (primary N) is 1. The van der Waals surface area contributed by atoms with E-state index in [0.717, 1.165) is 5.56 Å². The number of benzene rings is 1. The van der Waals surface area contributed by atoms with E-state index in [0.29, 0.717) is 17.9 Å². The number of nitrogen functional groups attached to an aromatic ring is 1. The van der Waals surface area contributed by atoms with Crippen molar-refractivity contribution < 1.29 is 4.79 Å². The van der Waals surface area contributed by atoms with E-state index in [9.17, 15) is 4.79 Å². The van der Waals surface area contributed by atoms with Gasteiger partial charge < -0.3 is 10.3 Å². The van der Waals surface area contributed by atoms with Gasteiger partial charge in [0.05, 0.1) is 11.9 Å². The van der Waals surface area contributed by atoms with Crippen LogP contribution in [0.25, 0.3) is 0 Å². The molecule has 3 N–H and O–H groups in total. The zero-order valence-corrected chi connectivity index (χ0v) is 11.6. The van der Waals surface area contributed by atoms with Crippen LogP contribution in [0.15, 0.2) is 42.6 Å². The van der Waals surface area contributed by atoms with E-state index in [-0.39, 0.29) is 5.91 Å². The summed E-state index contributed by atoms with van der Waals surface area (Å²) in [6, 6.07) is 11.5. The Kier molecular flexibility index (Phi) is 4.32. The summed E-state index contributed by atoms with van der Waals surface area (Å²) in [6.45, 7) is 2.59. The topological polar surface area (TPSA) is 71.2 Å².